The molecule has 16 nitrogen and oxygen atoms in total. The summed E-state index contributed by atoms with van der Waals surface area (Å²) in [6, 6.07) is 1.76. The number of hydrogen-bond donors (Lipinski definition) is 5. The number of anilines is 4. The molecule has 0 radical (unpaired) electrons. The average molecular weight is 594 g/mol. The van der Waals surface area contributed by atoms with Crippen molar-refractivity contribution in [3.05, 3.63) is 36.4 Å². The van der Waals surface area contributed by atoms with Crippen LogP contribution in [0.3, 0.4) is 0 Å². The highest BCUT2D eigenvalue weighted by molar-refractivity contribution is 8.07. The fourth-order valence-corrected chi connectivity index (χ4v) is 6.37. The van der Waals surface area contributed by atoms with Gasteiger partial charge in [-0.2, -0.15) is 0 Å². The Kier molecular flexibility index (Phi) is 6.90. The number of nitrogen functional groups attached to an aromatic ring is 2. The molecular formula is C22H28N9O7PS. The lowest BCUT2D eigenvalue weighted by atomic mass is 10.2. The minimum atomic E-state index is -3.87. The van der Waals surface area contributed by atoms with Crippen molar-refractivity contribution < 1.29 is 33.6 Å². The van der Waals surface area contributed by atoms with E-state index in [1.165, 1.54) is 12.7 Å². The number of fused-ring (bicyclic) bond motifs is 2. The topological polar surface area (TPSA) is 213 Å². The second-order valence-electron chi connectivity index (χ2n) is 9.53. The van der Waals surface area contributed by atoms with E-state index < -0.39 is 38.0 Å². The number of nitrogens with zero attached hydrogens (tertiary/aromatic N) is 7. The van der Waals surface area contributed by atoms with E-state index in [9.17, 15) is 15.1 Å². The molecule has 0 aromatic carbocycles. The van der Waals surface area contributed by atoms with Crippen LogP contribution in [0.5, 0.6) is 0 Å². The van der Waals surface area contributed by atoms with Crippen LogP contribution in [0, 0.1) is 0 Å². The van der Waals surface area contributed by atoms with Gasteiger partial charge in [-0.25, -0.2) is 19.9 Å². The lowest BCUT2D eigenvalue weighted by Crippen LogP contribution is -2.38. The Labute approximate surface area is 233 Å². The summed E-state index contributed by atoms with van der Waals surface area (Å²) < 4.78 is 24.8. The number of hydrogen-bond acceptors (Lipinski definition) is 15. The summed E-state index contributed by atoms with van der Waals surface area (Å²) in [6.07, 6.45) is 2.05. The summed E-state index contributed by atoms with van der Waals surface area (Å²) in [5.74, 6) is 1.54. The summed E-state index contributed by atoms with van der Waals surface area (Å²) in [5.41, 5.74) is 13.2. The smallest absolute Gasteiger partial charge is 0.377 e. The van der Waals surface area contributed by atoms with Gasteiger partial charge in [-0.1, -0.05) is 0 Å². The molecule has 1 saturated heterocycles. The largest absolute Gasteiger partial charge is 0.468 e. The Bertz CT molecular complexity index is 1520. The van der Waals surface area contributed by atoms with Gasteiger partial charge in [0.15, 0.2) is 29.4 Å². The summed E-state index contributed by atoms with van der Waals surface area (Å²) in [5, 5.41) is 21.2. The molecule has 6 heterocycles. The third-order valence-corrected chi connectivity index (χ3v) is 8.44. The Hall–Kier alpha value is -3.31. The molecule has 0 aliphatic carbocycles. The number of aliphatic hydroxyl groups excluding tert-OH is 2. The van der Waals surface area contributed by atoms with E-state index in [4.69, 9.17) is 41.8 Å². The maximum Gasteiger partial charge on any atom is 0.377 e. The quantitative estimate of drug-likeness (QED) is 0.220. The molecule has 3 aliphatic rings. The zero-order chi connectivity index (χ0) is 28.2. The number of ether oxygens (including phenoxy) is 2. The maximum atomic E-state index is 10.8. The molecule has 0 saturated carbocycles. The molecule has 3 aromatic rings. The van der Waals surface area contributed by atoms with Gasteiger partial charge in [-0.3, -0.25) is 9.09 Å². The van der Waals surface area contributed by atoms with Crippen LogP contribution in [-0.2, 0) is 30.3 Å². The van der Waals surface area contributed by atoms with Crippen molar-refractivity contribution in [1.29, 1.82) is 0 Å². The highest BCUT2D eigenvalue weighted by Crippen LogP contribution is 2.51. The van der Waals surface area contributed by atoms with Gasteiger partial charge < -0.3 is 50.4 Å². The number of rotatable bonds is 8. The molecule has 5 atom stereocenters. The van der Waals surface area contributed by atoms with Crippen molar-refractivity contribution in [2.45, 2.75) is 37.5 Å². The monoisotopic (exact) mass is 593 g/mol. The first-order valence-corrected chi connectivity index (χ1v) is 14.9. The second-order valence-corrected chi connectivity index (χ2v) is 12.3. The van der Waals surface area contributed by atoms with Gasteiger partial charge in [-0.15, -0.1) is 0 Å². The molecule has 0 spiro atoms. The van der Waals surface area contributed by atoms with Crippen LogP contribution in [0.15, 0.2) is 36.4 Å². The third-order valence-electron chi connectivity index (χ3n) is 6.97. The SMILES string of the molecule is CN1CN([C@H]2CC(O)[C@@H](COP(O)(=S)OC3=C(CO)O[C@@H](n4ccc5c(N)ncnc54)C3)O2)c2ncnc(N)c21. The van der Waals surface area contributed by atoms with Crippen LogP contribution in [0.25, 0.3) is 11.0 Å². The van der Waals surface area contributed by atoms with Crippen molar-refractivity contribution in [3.8, 4) is 0 Å². The first-order valence-electron chi connectivity index (χ1n) is 12.3. The molecule has 2 unspecified atom stereocenters. The second kappa shape index (κ2) is 10.3. The first kappa shape index (κ1) is 26.9. The Balaban J connectivity index is 1.09. The Morgan fingerprint density at radius 3 is 2.75 bits per heavy atom. The first-order chi connectivity index (χ1) is 19.1. The predicted molar refractivity (Wildman–Crippen MR) is 146 cm³/mol. The lowest BCUT2D eigenvalue weighted by molar-refractivity contribution is -0.0190. The van der Waals surface area contributed by atoms with Gasteiger partial charge in [0, 0.05) is 31.5 Å². The van der Waals surface area contributed by atoms with Gasteiger partial charge in [-0.05, 0) is 6.07 Å². The molecule has 3 aliphatic heterocycles. The highest BCUT2D eigenvalue weighted by atomic mass is 32.5. The molecular weight excluding hydrogens is 565 g/mol. The van der Waals surface area contributed by atoms with Gasteiger partial charge in [0.25, 0.3) is 0 Å². The molecule has 0 bridgehead atoms. The molecule has 1 fully saturated rings. The fraction of sp³-hybridized carbons (Fsp3) is 0.455. The summed E-state index contributed by atoms with van der Waals surface area (Å²) in [6.45, 7) is -4.13. The molecule has 214 valence electrons. The number of aliphatic hydroxyl groups is 2. The molecule has 40 heavy (non-hydrogen) atoms. The number of aromatic nitrogens is 5. The van der Waals surface area contributed by atoms with Crippen molar-refractivity contribution in [3.63, 3.8) is 0 Å². The third kappa shape index (κ3) is 4.79. The molecule has 0 amide bonds. The normalized spacial score (nSPS) is 25.9. The summed E-state index contributed by atoms with van der Waals surface area (Å²) in [4.78, 5) is 31.2. The van der Waals surface area contributed by atoms with Crippen LogP contribution in [0.2, 0.25) is 0 Å². The van der Waals surface area contributed by atoms with Crippen LogP contribution in [0.4, 0.5) is 23.1 Å². The van der Waals surface area contributed by atoms with E-state index >= 15 is 0 Å². The van der Waals surface area contributed by atoms with Crippen molar-refractivity contribution in [1.82, 2.24) is 24.5 Å². The zero-order valence-corrected chi connectivity index (χ0v) is 23.0. The van der Waals surface area contributed by atoms with E-state index in [1.807, 2.05) is 16.8 Å². The Morgan fingerprint density at radius 2 is 1.95 bits per heavy atom. The minimum Gasteiger partial charge on any atom is -0.468 e. The van der Waals surface area contributed by atoms with Gasteiger partial charge in [0.05, 0.1) is 31.2 Å². The van der Waals surface area contributed by atoms with E-state index in [-0.39, 0.29) is 31.0 Å². The fourth-order valence-electron chi connectivity index (χ4n) is 5.08. The van der Waals surface area contributed by atoms with Gasteiger partial charge in [0.1, 0.15) is 48.7 Å². The average Bonchev–Trinajstić information content (AvgIpc) is 3.68. The van der Waals surface area contributed by atoms with Crippen molar-refractivity contribution >= 4 is 52.7 Å². The van der Waals surface area contributed by atoms with Crippen molar-refractivity contribution in [2.75, 3.05) is 48.2 Å². The van der Waals surface area contributed by atoms with Gasteiger partial charge in [0.2, 0.25) is 0 Å². The van der Waals surface area contributed by atoms with Crippen LogP contribution < -0.4 is 21.3 Å². The van der Waals surface area contributed by atoms with Crippen LogP contribution in [0.1, 0.15) is 19.1 Å². The highest BCUT2D eigenvalue weighted by Gasteiger charge is 2.43. The molecule has 7 N–H and O–H groups in total. The van der Waals surface area contributed by atoms with Gasteiger partial charge >= 0.3 is 6.72 Å². The minimum absolute atomic E-state index is 0.107. The van der Waals surface area contributed by atoms with E-state index in [1.54, 1.807) is 16.8 Å². The predicted octanol–water partition coefficient (Wildman–Crippen LogP) is 0.148. The van der Waals surface area contributed by atoms with E-state index in [0.717, 1.165) is 0 Å². The maximum absolute atomic E-state index is 10.8. The van der Waals surface area contributed by atoms with Crippen molar-refractivity contribution in [2.24, 2.45) is 0 Å². The number of nitrogens with two attached hydrogens (primary N) is 2. The molecule has 3 aromatic heterocycles. The lowest BCUT2D eigenvalue weighted by Gasteiger charge is -2.25. The van der Waals surface area contributed by atoms with E-state index in [0.29, 0.717) is 40.8 Å². The standard InChI is InChI=1S/C22H28N9O7PS/c1-29-10-31(22-18(29)20(24)26-9-28-22)16-4-12(33)15(37-16)7-35-39(34,40)38-13-5-17(36-14(13)6-32)30-3-2-11-19(23)25-8-27-21(11)30/h2-3,8-9,12,15-17,32-33H,4-7,10H2,1H3,(H,34,40)(H2,23,25,27)(H2,24,26,28)/t12?,15-,16-,17-,39?/m1/s1. The Morgan fingerprint density at radius 1 is 1.18 bits per heavy atom. The van der Waals surface area contributed by atoms with Crippen LogP contribution >= 0.6 is 6.72 Å². The summed E-state index contributed by atoms with van der Waals surface area (Å²) in [7, 11) is 1.86. The molecule has 6 rings (SSSR count). The van der Waals surface area contributed by atoms with Crippen LogP contribution in [-0.4, -0.2) is 85.0 Å². The van der Waals surface area contributed by atoms with E-state index in [2.05, 4.69) is 19.9 Å². The summed E-state index contributed by atoms with van der Waals surface area (Å²) >= 11 is 5.23. The molecule has 18 heteroatoms. The zero-order valence-electron chi connectivity index (χ0n) is 21.3.